The minimum Gasteiger partial charge on any atom is -0.496 e. The molecular weight excluding hydrogens is 246 g/mol. The van der Waals surface area contributed by atoms with Crippen LogP contribution < -0.4 is 14.8 Å². The van der Waals surface area contributed by atoms with Crippen LogP contribution in [0.2, 0.25) is 0 Å². The van der Waals surface area contributed by atoms with Crippen LogP contribution in [0.25, 0.3) is 0 Å². The number of rotatable bonds is 2. The van der Waals surface area contributed by atoms with Gasteiger partial charge in [0.2, 0.25) is 0 Å². The molecule has 0 aromatic heterocycles. The summed E-state index contributed by atoms with van der Waals surface area (Å²) in [5.74, 6) is 3.22. The highest BCUT2D eigenvalue weighted by Crippen LogP contribution is 2.41. The van der Waals surface area contributed by atoms with Crippen molar-refractivity contribution in [3.05, 3.63) is 23.3 Å². The molecule has 1 aromatic rings. The van der Waals surface area contributed by atoms with Crippen molar-refractivity contribution in [1.29, 1.82) is 0 Å². The quantitative estimate of drug-likeness (QED) is 0.890. The van der Waals surface area contributed by atoms with Crippen molar-refractivity contribution >= 4 is 11.8 Å². The molecule has 0 bridgehead atoms. The van der Waals surface area contributed by atoms with E-state index in [4.69, 9.17) is 9.47 Å². The molecule has 1 saturated heterocycles. The van der Waals surface area contributed by atoms with Crippen LogP contribution in [0.15, 0.2) is 12.1 Å². The van der Waals surface area contributed by atoms with Crippen molar-refractivity contribution < 1.29 is 9.47 Å². The van der Waals surface area contributed by atoms with E-state index in [-0.39, 0.29) is 6.10 Å². The summed E-state index contributed by atoms with van der Waals surface area (Å²) in [7, 11) is 1.75. The van der Waals surface area contributed by atoms with Crippen molar-refractivity contribution in [3.8, 4) is 11.5 Å². The fraction of sp³-hybridized carbons (Fsp3) is 0.571. The first kappa shape index (κ1) is 12.2. The largest absolute Gasteiger partial charge is 0.496 e. The van der Waals surface area contributed by atoms with E-state index < -0.39 is 0 Å². The molecule has 2 unspecified atom stereocenters. The number of fused-ring (bicyclic) bond motifs is 1. The second-order valence-corrected chi connectivity index (χ2v) is 6.11. The lowest BCUT2D eigenvalue weighted by Crippen LogP contribution is -2.25. The number of thioether (sulfide) groups is 1. The zero-order valence-electron chi connectivity index (χ0n) is 10.9. The van der Waals surface area contributed by atoms with Gasteiger partial charge in [0.05, 0.1) is 12.5 Å². The van der Waals surface area contributed by atoms with E-state index in [1.54, 1.807) is 7.11 Å². The third kappa shape index (κ3) is 2.19. The molecule has 0 saturated carbocycles. The molecule has 2 aliphatic rings. The van der Waals surface area contributed by atoms with Crippen LogP contribution in [0, 0.1) is 0 Å². The summed E-state index contributed by atoms with van der Waals surface area (Å²) in [6, 6.07) is 4.30. The van der Waals surface area contributed by atoms with Gasteiger partial charge >= 0.3 is 0 Å². The van der Waals surface area contributed by atoms with Gasteiger partial charge in [-0.1, -0.05) is 0 Å². The Hall–Kier alpha value is -0.870. The predicted molar refractivity (Wildman–Crippen MR) is 74.6 cm³/mol. The van der Waals surface area contributed by atoms with Gasteiger partial charge in [-0.25, -0.2) is 0 Å². The van der Waals surface area contributed by atoms with Crippen LogP contribution >= 0.6 is 11.8 Å². The summed E-state index contributed by atoms with van der Waals surface area (Å²) in [6.07, 6.45) is 2.51. The molecule has 4 heteroatoms. The van der Waals surface area contributed by atoms with Crippen molar-refractivity contribution in [2.24, 2.45) is 0 Å². The highest BCUT2D eigenvalue weighted by Gasteiger charge is 2.25. The molecule has 1 fully saturated rings. The Bertz CT molecular complexity index is 444. The Morgan fingerprint density at radius 2 is 2.33 bits per heavy atom. The highest BCUT2D eigenvalue weighted by molar-refractivity contribution is 7.99. The topological polar surface area (TPSA) is 30.5 Å². The maximum absolute atomic E-state index is 5.85. The number of hydrogen-bond acceptors (Lipinski definition) is 4. The third-order valence-electron chi connectivity index (χ3n) is 3.47. The van der Waals surface area contributed by atoms with E-state index in [9.17, 15) is 0 Å². The first-order valence-electron chi connectivity index (χ1n) is 6.50. The maximum Gasteiger partial charge on any atom is 0.125 e. The molecule has 0 aliphatic carbocycles. The summed E-state index contributed by atoms with van der Waals surface area (Å²) in [6.45, 7) is 3.19. The molecule has 1 aromatic carbocycles. The van der Waals surface area contributed by atoms with Crippen molar-refractivity contribution in [2.75, 3.05) is 19.4 Å². The standard InChI is InChI=1S/C14H19NO2S/c1-9-6-10-7-13(16-2)11(8-12(10)17-9)14-15-4-3-5-18-14/h7-9,14-15H,3-6H2,1-2H3. The third-order valence-corrected chi connectivity index (χ3v) is 4.74. The van der Waals surface area contributed by atoms with Gasteiger partial charge in [-0.3, -0.25) is 0 Å². The normalized spacial score (nSPS) is 26.6. The zero-order valence-corrected chi connectivity index (χ0v) is 11.7. The molecule has 2 atom stereocenters. The first-order chi connectivity index (χ1) is 8.78. The van der Waals surface area contributed by atoms with Crippen molar-refractivity contribution in [1.82, 2.24) is 5.32 Å². The van der Waals surface area contributed by atoms with Gasteiger partial charge < -0.3 is 14.8 Å². The van der Waals surface area contributed by atoms with Crippen LogP contribution in [-0.2, 0) is 6.42 Å². The fourth-order valence-corrected chi connectivity index (χ4v) is 3.75. The fourth-order valence-electron chi connectivity index (χ4n) is 2.60. The minimum absolute atomic E-state index is 0.284. The maximum atomic E-state index is 5.85. The Morgan fingerprint density at radius 1 is 1.44 bits per heavy atom. The second kappa shape index (κ2) is 5.02. The van der Waals surface area contributed by atoms with Crippen LogP contribution in [0.5, 0.6) is 11.5 Å². The Balaban J connectivity index is 1.95. The molecule has 2 aliphatic heterocycles. The average Bonchev–Trinajstić information content (AvgIpc) is 2.77. The number of methoxy groups -OCH3 is 1. The molecule has 98 valence electrons. The van der Waals surface area contributed by atoms with Gasteiger partial charge in [0.15, 0.2) is 0 Å². The summed E-state index contributed by atoms with van der Waals surface area (Å²) >= 11 is 1.95. The highest BCUT2D eigenvalue weighted by atomic mass is 32.2. The number of nitrogens with one attached hydrogen (secondary N) is 1. The number of hydrogen-bond donors (Lipinski definition) is 1. The molecule has 0 radical (unpaired) electrons. The van der Waals surface area contributed by atoms with E-state index in [0.29, 0.717) is 5.37 Å². The predicted octanol–water partition coefficient (Wildman–Crippen LogP) is 2.74. The van der Waals surface area contributed by atoms with E-state index >= 15 is 0 Å². The lowest BCUT2D eigenvalue weighted by atomic mass is 10.1. The smallest absolute Gasteiger partial charge is 0.125 e. The summed E-state index contributed by atoms with van der Waals surface area (Å²) in [5, 5.41) is 3.87. The lowest BCUT2D eigenvalue weighted by Gasteiger charge is -2.25. The summed E-state index contributed by atoms with van der Waals surface area (Å²) in [5.41, 5.74) is 2.49. The van der Waals surface area contributed by atoms with E-state index in [1.165, 1.54) is 23.3 Å². The minimum atomic E-state index is 0.284. The molecular formula is C14H19NO2S. The van der Waals surface area contributed by atoms with Gasteiger partial charge in [0.25, 0.3) is 0 Å². The van der Waals surface area contributed by atoms with E-state index in [2.05, 4.69) is 24.4 Å². The molecule has 2 heterocycles. The number of benzene rings is 1. The van der Waals surface area contributed by atoms with Crippen LogP contribution in [0.3, 0.4) is 0 Å². The van der Waals surface area contributed by atoms with E-state index in [0.717, 1.165) is 24.5 Å². The molecule has 3 rings (SSSR count). The van der Waals surface area contributed by atoms with Gasteiger partial charge in [-0.15, -0.1) is 11.8 Å². The number of ether oxygens (including phenoxy) is 2. The second-order valence-electron chi connectivity index (χ2n) is 4.89. The van der Waals surface area contributed by atoms with Gasteiger partial charge in [-0.05, 0) is 37.8 Å². The Labute approximate surface area is 112 Å². The Morgan fingerprint density at radius 3 is 3.06 bits per heavy atom. The summed E-state index contributed by atoms with van der Waals surface area (Å²) < 4.78 is 11.4. The first-order valence-corrected chi connectivity index (χ1v) is 7.55. The van der Waals surface area contributed by atoms with Crippen LogP contribution in [0.1, 0.15) is 29.8 Å². The van der Waals surface area contributed by atoms with Gasteiger partial charge in [0, 0.05) is 17.5 Å². The van der Waals surface area contributed by atoms with Crippen molar-refractivity contribution in [2.45, 2.75) is 31.2 Å². The van der Waals surface area contributed by atoms with E-state index in [1.807, 2.05) is 11.8 Å². The zero-order chi connectivity index (χ0) is 12.5. The van der Waals surface area contributed by atoms with Crippen LogP contribution in [0.4, 0.5) is 0 Å². The Kier molecular flexibility index (Phi) is 3.39. The molecule has 0 amide bonds. The molecule has 0 spiro atoms. The van der Waals surface area contributed by atoms with Crippen molar-refractivity contribution in [3.63, 3.8) is 0 Å². The molecule has 3 nitrogen and oxygen atoms in total. The molecule has 1 N–H and O–H groups in total. The van der Waals surface area contributed by atoms with Gasteiger partial charge in [0.1, 0.15) is 17.6 Å². The van der Waals surface area contributed by atoms with Gasteiger partial charge in [-0.2, -0.15) is 0 Å². The molecule has 18 heavy (non-hydrogen) atoms. The van der Waals surface area contributed by atoms with Crippen LogP contribution in [-0.4, -0.2) is 25.5 Å². The average molecular weight is 265 g/mol. The lowest BCUT2D eigenvalue weighted by molar-refractivity contribution is 0.254. The monoisotopic (exact) mass is 265 g/mol. The summed E-state index contributed by atoms with van der Waals surface area (Å²) in [4.78, 5) is 0. The SMILES string of the molecule is COc1cc2c(cc1C1NCCCS1)OC(C)C2.